The second-order valence-corrected chi connectivity index (χ2v) is 5.84. The van der Waals surface area contributed by atoms with Gasteiger partial charge in [-0.1, -0.05) is 5.21 Å². The molecule has 0 aliphatic heterocycles. The summed E-state index contributed by atoms with van der Waals surface area (Å²) in [6.07, 6.45) is 1.58. The van der Waals surface area contributed by atoms with Crippen LogP contribution in [0.5, 0.6) is 11.5 Å². The molecule has 0 aliphatic rings. The number of hydrogen-bond donors (Lipinski definition) is 1. The third-order valence-electron chi connectivity index (χ3n) is 4.06. The van der Waals surface area contributed by atoms with Gasteiger partial charge in [0.2, 0.25) is 0 Å². The van der Waals surface area contributed by atoms with Gasteiger partial charge in [0.25, 0.3) is 0 Å². The molecule has 2 aromatic rings. The van der Waals surface area contributed by atoms with Crippen molar-refractivity contribution in [3.05, 3.63) is 36.2 Å². The maximum atomic E-state index is 11.4. The number of carboxylic acids is 1. The number of rotatable bonds is 7. The van der Waals surface area contributed by atoms with Crippen LogP contribution in [0, 0.1) is 5.41 Å². The molecule has 0 saturated carbocycles. The predicted octanol–water partition coefficient (Wildman–Crippen LogP) is 2.54. The van der Waals surface area contributed by atoms with Gasteiger partial charge in [0.1, 0.15) is 18.1 Å². The number of hydrogen-bond acceptors (Lipinski definition) is 5. The second kappa shape index (κ2) is 6.68. The lowest BCUT2D eigenvalue weighted by molar-refractivity contribution is -0.149. The third-order valence-corrected chi connectivity index (χ3v) is 4.06. The van der Waals surface area contributed by atoms with Crippen LogP contribution in [0.3, 0.4) is 0 Å². The van der Waals surface area contributed by atoms with Gasteiger partial charge in [0.05, 0.1) is 30.5 Å². The Bertz CT molecular complexity index is 664. The van der Waals surface area contributed by atoms with Gasteiger partial charge in [-0.25, -0.2) is 4.68 Å². The number of benzene rings is 1. The number of nitrogens with zero attached hydrogens (tertiary/aromatic N) is 3. The lowest BCUT2D eigenvalue weighted by Gasteiger charge is -2.28. The molecule has 7 nitrogen and oxygen atoms in total. The van der Waals surface area contributed by atoms with Crippen molar-refractivity contribution in [1.29, 1.82) is 0 Å². The maximum absolute atomic E-state index is 11.4. The average Bonchev–Trinajstić information content (AvgIpc) is 3.00. The fraction of sp³-hybridized carbons (Fsp3) is 0.438. The Morgan fingerprint density at radius 3 is 2.48 bits per heavy atom. The molecule has 1 unspecified atom stereocenters. The first-order chi connectivity index (χ1) is 10.9. The molecular formula is C16H21N3O4. The molecule has 1 aromatic carbocycles. The van der Waals surface area contributed by atoms with E-state index in [2.05, 4.69) is 10.3 Å². The van der Waals surface area contributed by atoms with E-state index in [-0.39, 0.29) is 12.6 Å². The SMILES string of the molecule is COc1ccc(OCc2cnnn2C(C)C(C)(C)C(=O)O)cc1. The summed E-state index contributed by atoms with van der Waals surface area (Å²) in [7, 11) is 1.60. The van der Waals surface area contributed by atoms with Crippen LogP contribution >= 0.6 is 0 Å². The molecule has 0 fully saturated rings. The highest BCUT2D eigenvalue weighted by molar-refractivity contribution is 5.74. The van der Waals surface area contributed by atoms with Gasteiger partial charge in [0.15, 0.2) is 0 Å². The van der Waals surface area contributed by atoms with Crippen LogP contribution < -0.4 is 9.47 Å². The fourth-order valence-corrected chi connectivity index (χ4v) is 2.01. The Hall–Kier alpha value is -2.57. The Labute approximate surface area is 134 Å². The minimum Gasteiger partial charge on any atom is -0.497 e. The normalized spacial score (nSPS) is 12.7. The zero-order chi connectivity index (χ0) is 17.0. The van der Waals surface area contributed by atoms with Crippen LogP contribution in [0.2, 0.25) is 0 Å². The van der Waals surface area contributed by atoms with Crippen molar-refractivity contribution >= 4 is 5.97 Å². The summed E-state index contributed by atoms with van der Waals surface area (Å²) in [5.74, 6) is 0.548. The number of ether oxygens (including phenoxy) is 2. The highest BCUT2D eigenvalue weighted by Gasteiger charge is 2.36. The highest BCUT2D eigenvalue weighted by Crippen LogP contribution is 2.31. The van der Waals surface area contributed by atoms with Crippen molar-refractivity contribution < 1.29 is 19.4 Å². The van der Waals surface area contributed by atoms with E-state index < -0.39 is 11.4 Å². The fourth-order valence-electron chi connectivity index (χ4n) is 2.01. The summed E-state index contributed by atoms with van der Waals surface area (Å²) in [5, 5.41) is 17.2. The topological polar surface area (TPSA) is 86.5 Å². The summed E-state index contributed by atoms with van der Waals surface area (Å²) < 4.78 is 12.4. The molecule has 7 heteroatoms. The summed E-state index contributed by atoms with van der Waals surface area (Å²) in [6, 6.07) is 6.86. The number of aromatic nitrogens is 3. The molecule has 1 heterocycles. The number of aliphatic carboxylic acids is 1. The van der Waals surface area contributed by atoms with Crippen molar-refractivity contribution in [2.45, 2.75) is 33.4 Å². The van der Waals surface area contributed by atoms with Gasteiger partial charge in [-0.3, -0.25) is 4.79 Å². The van der Waals surface area contributed by atoms with E-state index in [0.29, 0.717) is 11.4 Å². The summed E-state index contributed by atoms with van der Waals surface area (Å²) in [6.45, 7) is 5.38. The molecule has 0 spiro atoms. The van der Waals surface area contributed by atoms with Gasteiger partial charge in [-0.05, 0) is 45.0 Å². The van der Waals surface area contributed by atoms with Gasteiger partial charge < -0.3 is 14.6 Å². The average molecular weight is 319 g/mol. The van der Waals surface area contributed by atoms with E-state index in [1.165, 1.54) is 0 Å². The van der Waals surface area contributed by atoms with Gasteiger partial charge in [-0.15, -0.1) is 5.10 Å². The van der Waals surface area contributed by atoms with Crippen molar-refractivity contribution in [3.63, 3.8) is 0 Å². The first-order valence-electron chi connectivity index (χ1n) is 7.25. The molecule has 0 saturated heterocycles. The monoisotopic (exact) mass is 319 g/mol. The number of methoxy groups -OCH3 is 1. The minimum atomic E-state index is -0.970. The number of carboxylic acid groups (broad SMARTS) is 1. The van der Waals surface area contributed by atoms with E-state index in [1.807, 2.05) is 0 Å². The summed E-state index contributed by atoms with van der Waals surface area (Å²) >= 11 is 0. The Morgan fingerprint density at radius 2 is 1.91 bits per heavy atom. The van der Waals surface area contributed by atoms with Crippen molar-refractivity contribution in [2.75, 3.05) is 7.11 Å². The highest BCUT2D eigenvalue weighted by atomic mass is 16.5. The van der Waals surface area contributed by atoms with Crippen molar-refractivity contribution in [2.24, 2.45) is 5.41 Å². The Morgan fingerprint density at radius 1 is 1.30 bits per heavy atom. The molecule has 0 aliphatic carbocycles. The maximum Gasteiger partial charge on any atom is 0.311 e. The minimum absolute atomic E-state index is 0.249. The molecule has 0 amide bonds. The van der Waals surface area contributed by atoms with Crippen LogP contribution in [0.25, 0.3) is 0 Å². The molecule has 0 radical (unpaired) electrons. The molecule has 23 heavy (non-hydrogen) atoms. The molecule has 0 bridgehead atoms. The van der Waals surface area contributed by atoms with Crippen LogP contribution in [0.15, 0.2) is 30.5 Å². The molecule has 2 rings (SSSR count). The number of carbonyl (C=O) groups is 1. The van der Waals surface area contributed by atoms with Gasteiger partial charge in [0, 0.05) is 0 Å². The predicted molar refractivity (Wildman–Crippen MR) is 83.5 cm³/mol. The second-order valence-electron chi connectivity index (χ2n) is 5.84. The third kappa shape index (κ3) is 3.61. The lowest BCUT2D eigenvalue weighted by Crippen LogP contribution is -2.34. The van der Waals surface area contributed by atoms with E-state index in [4.69, 9.17) is 9.47 Å². The molecule has 1 aromatic heterocycles. The van der Waals surface area contributed by atoms with Crippen LogP contribution in [-0.2, 0) is 11.4 Å². The standard InChI is InChI=1S/C16H21N3O4/c1-11(16(2,3)15(20)21)19-12(9-17-18-19)10-23-14-7-5-13(22-4)6-8-14/h5-9,11H,10H2,1-4H3,(H,20,21). The first kappa shape index (κ1) is 16.8. The first-order valence-corrected chi connectivity index (χ1v) is 7.25. The Kier molecular flexibility index (Phi) is 4.88. The quantitative estimate of drug-likeness (QED) is 0.844. The van der Waals surface area contributed by atoms with E-state index >= 15 is 0 Å². The smallest absolute Gasteiger partial charge is 0.311 e. The lowest BCUT2D eigenvalue weighted by atomic mass is 9.85. The zero-order valence-corrected chi connectivity index (χ0v) is 13.7. The van der Waals surface area contributed by atoms with E-state index in [9.17, 15) is 9.90 Å². The van der Waals surface area contributed by atoms with Crippen LogP contribution in [0.4, 0.5) is 0 Å². The molecule has 124 valence electrons. The van der Waals surface area contributed by atoms with Crippen LogP contribution in [-0.4, -0.2) is 33.2 Å². The molecule has 1 N–H and O–H groups in total. The zero-order valence-electron chi connectivity index (χ0n) is 13.7. The van der Waals surface area contributed by atoms with Gasteiger partial charge >= 0.3 is 5.97 Å². The van der Waals surface area contributed by atoms with E-state index in [0.717, 1.165) is 5.75 Å². The van der Waals surface area contributed by atoms with Crippen molar-refractivity contribution in [3.8, 4) is 11.5 Å². The summed E-state index contributed by atoms with van der Waals surface area (Å²) in [5.41, 5.74) is -0.259. The van der Waals surface area contributed by atoms with Gasteiger partial charge in [-0.2, -0.15) is 0 Å². The van der Waals surface area contributed by atoms with E-state index in [1.54, 1.807) is 63.0 Å². The van der Waals surface area contributed by atoms with Crippen molar-refractivity contribution in [1.82, 2.24) is 15.0 Å². The largest absolute Gasteiger partial charge is 0.497 e. The summed E-state index contributed by atoms with van der Waals surface area (Å²) in [4.78, 5) is 11.4. The molecule has 1 atom stereocenters. The van der Waals surface area contributed by atoms with Crippen LogP contribution in [0.1, 0.15) is 32.5 Å². The molecular weight excluding hydrogens is 298 g/mol. The Balaban J connectivity index is 2.10.